The van der Waals surface area contributed by atoms with Crippen molar-refractivity contribution < 1.29 is 9.53 Å². The highest BCUT2D eigenvalue weighted by Gasteiger charge is 2.12. The van der Waals surface area contributed by atoms with Crippen LogP contribution in [0.15, 0.2) is 0 Å². The van der Waals surface area contributed by atoms with Gasteiger partial charge in [0.2, 0.25) is 0 Å². The number of carbonyl (C=O) groups is 1. The Kier molecular flexibility index (Phi) is 24.7. The van der Waals surface area contributed by atoms with Crippen LogP contribution >= 0.6 is 0 Å². The molecule has 0 aromatic rings. The van der Waals surface area contributed by atoms with E-state index in [-0.39, 0.29) is 5.97 Å². The Bertz CT molecular complexity index is 377. The van der Waals surface area contributed by atoms with Crippen LogP contribution in [0.25, 0.3) is 0 Å². The van der Waals surface area contributed by atoms with Crippen molar-refractivity contribution in [1.29, 1.82) is 0 Å². The lowest BCUT2D eigenvalue weighted by Gasteiger charge is -2.17. The Morgan fingerprint density at radius 3 is 1.41 bits per heavy atom. The summed E-state index contributed by atoms with van der Waals surface area (Å²) in [5, 5.41) is 0. The first-order valence-corrected chi connectivity index (χ1v) is 14.8. The molecule has 1 atom stereocenters. The van der Waals surface area contributed by atoms with Crippen LogP contribution in [-0.2, 0) is 9.53 Å². The molecule has 192 valence electrons. The van der Waals surface area contributed by atoms with E-state index in [0.29, 0.717) is 18.9 Å². The first kappa shape index (κ1) is 31.5. The Balaban J connectivity index is 3.36. The molecule has 0 heterocycles. The van der Waals surface area contributed by atoms with E-state index < -0.39 is 0 Å². The topological polar surface area (TPSA) is 26.3 Å². The van der Waals surface area contributed by atoms with Crippen molar-refractivity contribution in [2.24, 2.45) is 11.8 Å². The largest absolute Gasteiger partial charge is 0.465 e. The minimum Gasteiger partial charge on any atom is -0.465 e. The van der Waals surface area contributed by atoms with Crippen LogP contribution in [-0.4, -0.2) is 12.6 Å². The molecule has 0 rings (SSSR count). The van der Waals surface area contributed by atoms with E-state index in [0.717, 1.165) is 12.3 Å². The smallest absolute Gasteiger partial charge is 0.305 e. The lowest BCUT2D eigenvalue weighted by atomic mass is 9.95. The molecule has 0 N–H and O–H groups in total. The number of carbonyl (C=O) groups excluding carboxylic acids is 1. The second-order valence-corrected chi connectivity index (χ2v) is 10.7. The predicted octanol–water partition coefficient (Wildman–Crippen LogP) is 10.4. The second kappa shape index (κ2) is 25.1. The fraction of sp³-hybridized carbons (Fsp3) is 0.967. The summed E-state index contributed by atoms with van der Waals surface area (Å²) in [7, 11) is 0. The third-order valence-corrected chi connectivity index (χ3v) is 6.81. The van der Waals surface area contributed by atoms with Crippen molar-refractivity contribution in [2.75, 3.05) is 6.61 Å². The number of ether oxygens (including phenoxy) is 1. The summed E-state index contributed by atoms with van der Waals surface area (Å²) in [5.74, 6) is 1.32. The third-order valence-electron chi connectivity index (χ3n) is 6.81. The van der Waals surface area contributed by atoms with Gasteiger partial charge in [-0.05, 0) is 31.1 Å². The quantitative estimate of drug-likeness (QED) is 0.102. The van der Waals surface area contributed by atoms with Gasteiger partial charge in [0.25, 0.3) is 0 Å². The van der Waals surface area contributed by atoms with Crippen molar-refractivity contribution in [3.63, 3.8) is 0 Å². The maximum absolute atomic E-state index is 12.0. The molecule has 2 heteroatoms. The zero-order valence-corrected chi connectivity index (χ0v) is 22.7. The molecule has 0 aromatic carbocycles. The summed E-state index contributed by atoms with van der Waals surface area (Å²) in [6, 6.07) is 0. The highest BCUT2D eigenvalue weighted by Crippen LogP contribution is 2.18. The Labute approximate surface area is 203 Å². The number of hydrogen-bond acceptors (Lipinski definition) is 2. The number of unbranched alkanes of at least 4 members (excludes halogenated alkanes) is 16. The maximum Gasteiger partial charge on any atom is 0.305 e. The lowest BCUT2D eigenvalue weighted by Crippen LogP contribution is -2.15. The summed E-state index contributed by atoms with van der Waals surface area (Å²) >= 11 is 0. The molecule has 0 saturated carbocycles. The van der Waals surface area contributed by atoms with Gasteiger partial charge in [0.15, 0.2) is 0 Å². The van der Waals surface area contributed by atoms with Gasteiger partial charge in [0.1, 0.15) is 0 Å². The van der Waals surface area contributed by atoms with E-state index in [1.54, 1.807) is 0 Å². The minimum absolute atomic E-state index is 0.0246. The van der Waals surface area contributed by atoms with E-state index in [1.165, 1.54) is 128 Å². The molecular weight excluding hydrogens is 392 g/mol. The molecule has 0 spiro atoms. The van der Waals surface area contributed by atoms with Gasteiger partial charge in [-0.3, -0.25) is 4.79 Å². The van der Waals surface area contributed by atoms with E-state index in [4.69, 9.17) is 4.74 Å². The first-order chi connectivity index (χ1) is 15.6. The van der Waals surface area contributed by atoms with E-state index >= 15 is 0 Å². The SMILES string of the molecule is CCCCCCCCCCCCCCCCCCCC(=O)OCC(CCC)CCC(C)C. The first-order valence-electron chi connectivity index (χ1n) is 14.8. The van der Waals surface area contributed by atoms with Crippen LogP contribution in [0.4, 0.5) is 0 Å². The van der Waals surface area contributed by atoms with Gasteiger partial charge >= 0.3 is 5.97 Å². The average Bonchev–Trinajstić information content (AvgIpc) is 2.77. The second-order valence-electron chi connectivity index (χ2n) is 10.7. The zero-order chi connectivity index (χ0) is 23.7. The summed E-state index contributed by atoms with van der Waals surface area (Å²) < 4.78 is 5.58. The Hall–Kier alpha value is -0.530. The molecule has 0 bridgehead atoms. The fourth-order valence-electron chi connectivity index (χ4n) is 4.57. The van der Waals surface area contributed by atoms with Crippen LogP contribution in [0.1, 0.15) is 169 Å². The normalized spacial score (nSPS) is 12.4. The van der Waals surface area contributed by atoms with Crippen molar-refractivity contribution in [3.05, 3.63) is 0 Å². The van der Waals surface area contributed by atoms with Crippen LogP contribution in [0.5, 0.6) is 0 Å². The predicted molar refractivity (Wildman–Crippen MR) is 142 cm³/mol. The molecule has 0 aliphatic rings. The number of esters is 1. The van der Waals surface area contributed by atoms with Crippen molar-refractivity contribution >= 4 is 5.97 Å². The molecule has 2 nitrogen and oxygen atoms in total. The van der Waals surface area contributed by atoms with Gasteiger partial charge in [-0.15, -0.1) is 0 Å². The van der Waals surface area contributed by atoms with Crippen LogP contribution in [0.3, 0.4) is 0 Å². The molecule has 0 aliphatic heterocycles. The average molecular weight is 453 g/mol. The molecule has 0 radical (unpaired) electrons. The maximum atomic E-state index is 12.0. The van der Waals surface area contributed by atoms with Crippen molar-refractivity contribution in [3.8, 4) is 0 Å². The Morgan fingerprint density at radius 1 is 0.562 bits per heavy atom. The molecule has 0 fully saturated rings. The van der Waals surface area contributed by atoms with E-state index in [9.17, 15) is 4.79 Å². The molecule has 0 aromatic heterocycles. The number of rotatable bonds is 25. The van der Waals surface area contributed by atoms with E-state index in [2.05, 4.69) is 27.7 Å². The van der Waals surface area contributed by atoms with Gasteiger partial charge in [-0.2, -0.15) is 0 Å². The number of hydrogen-bond donors (Lipinski definition) is 0. The Morgan fingerprint density at radius 2 is 1.00 bits per heavy atom. The third kappa shape index (κ3) is 24.1. The molecule has 0 amide bonds. The van der Waals surface area contributed by atoms with Gasteiger partial charge in [0, 0.05) is 6.42 Å². The molecule has 0 aliphatic carbocycles. The van der Waals surface area contributed by atoms with Crippen LogP contribution < -0.4 is 0 Å². The van der Waals surface area contributed by atoms with Gasteiger partial charge in [-0.1, -0.05) is 143 Å². The summed E-state index contributed by atoms with van der Waals surface area (Å²) in [5.41, 5.74) is 0. The lowest BCUT2D eigenvalue weighted by molar-refractivity contribution is -0.145. The highest BCUT2D eigenvalue weighted by atomic mass is 16.5. The summed E-state index contributed by atoms with van der Waals surface area (Å²) in [6.07, 6.45) is 28.7. The van der Waals surface area contributed by atoms with Crippen molar-refractivity contribution in [1.82, 2.24) is 0 Å². The zero-order valence-electron chi connectivity index (χ0n) is 22.7. The van der Waals surface area contributed by atoms with Crippen LogP contribution in [0, 0.1) is 11.8 Å². The molecule has 32 heavy (non-hydrogen) atoms. The van der Waals surface area contributed by atoms with Gasteiger partial charge in [0.05, 0.1) is 6.61 Å². The van der Waals surface area contributed by atoms with Crippen LogP contribution in [0.2, 0.25) is 0 Å². The standard InChI is InChI=1S/C30H60O2/c1-5-7-8-9-10-11-12-13-14-15-16-17-18-19-20-21-22-24-30(31)32-27-29(23-6-2)26-25-28(3)4/h28-29H,5-27H2,1-4H3. The van der Waals surface area contributed by atoms with E-state index in [1.807, 2.05) is 0 Å². The minimum atomic E-state index is 0.0246. The monoisotopic (exact) mass is 452 g/mol. The van der Waals surface area contributed by atoms with Gasteiger partial charge in [-0.25, -0.2) is 0 Å². The molecule has 1 unspecified atom stereocenters. The molecule has 0 saturated heterocycles. The summed E-state index contributed by atoms with van der Waals surface area (Å²) in [4.78, 5) is 12.0. The van der Waals surface area contributed by atoms with Gasteiger partial charge < -0.3 is 4.74 Å². The highest BCUT2D eigenvalue weighted by molar-refractivity contribution is 5.69. The summed E-state index contributed by atoms with van der Waals surface area (Å²) in [6.45, 7) is 9.69. The molecular formula is C30H60O2. The fourth-order valence-corrected chi connectivity index (χ4v) is 4.57. The van der Waals surface area contributed by atoms with Crippen molar-refractivity contribution in [2.45, 2.75) is 169 Å².